The number of hydrogen-bond donors (Lipinski definition) is 0. The molecular weight excluding hydrogens is 288 g/mol. The van der Waals surface area contributed by atoms with Crippen molar-refractivity contribution in [2.75, 3.05) is 13.4 Å². The molecule has 0 aliphatic heterocycles. The smallest absolute Gasteiger partial charge is 0.306 e. The van der Waals surface area contributed by atoms with E-state index in [2.05, 4.69) is 4.74 Å². The van der Waals surface area contributed by atoms with E-state index >= 15 is 0 Å². The SMILES string of the molecule is COC(=O)CC(C)S(=O)c1ccc(S(C)(=O)=O)cc1. The molecule has 0 bridgehead atoms. The van der Waals surface area contributed by atoms with Gasteiger partial charge in [-0.1, -0.05) is 0 Å². The third kappa shape index (κ3) is 4.43. The van der Waals surface area contributed by atoms with Gasteiger partial charge in [0.1, 0.15) is 0 Å². The van der Waals surface area contributed by atoms with Crippen molar-refractivity contribution >= 4 is 26.6 Å². The average Bonchev–Trinajstić information content (AvgIpc) is 2.36. The Labute approximate surface area is 115 Å². The summed E-state index contributed by atoms with van der Waals surface area (Å²) >= 11 is 0. The summed E-state index contributed by atoms with van der Waals surface area (Å²) in [5.74, 6) is -0.423. The Morgan fingerprint density at radius 3 is 2.26 bits per heavy atom. The summed E-state index contributed by atoms with van der Waals surface area (Å²) in [7, 11) is -3.37. The largest absolute Gasteiger partial charge is 0.469 e. The number of esters is 1. The number of methoxy groups -OCH3 is 1. The monoisotopic (exact) mass is 304 g/mol. The lowest BCUT2D eigenvalue weighted by Crippen LogP contribution is -2.17. The van der Waals surface area contributed by atoms with Gasteiger partial charge in [-0.25, -0.2) is 8.42 Å². The number of hydrogen-bond acceptors (Lipinski definition) is 5. The highest BCUT2D eigenvalue weighted by Crippen LogP contribution is 2.17. The second-order valence-electron chi connectivity index (χ2n) is 4.13. The molecular formula is C12H16O5S2. The summed E-state index contributed by atoms with van der Waals surface area (Å²) < 4.78 is 39.2. The second kappa shape index (κ2) is 6.29. The molecule has 0 aromatic heterocycles. The molecule has 1 aromatic rings. The van der Waals surface area contributed by atoms with Gasteiger partial charge in [-0.3, -0.25) is 9.00 Å². The van der Waals surface area contributed by atoms with Crippen LogP contribution in [0.4, 0.5) is 0 Å². The third-order valence-electron chi connectivity index (χ3n) is 2.53. The lowest BCUT2D eigenvalue weighted by Gasteiger charge is -2.10. The van der Waals surface area contributed by atoms with Crippen LogP contribution in [-0.4, -0.2) is 37.2 Å². The summed E-state index contributed by atoms with van der Waals surface area (Å²) in [5.41, 5.74) is 0. The molecule has 1 rings (SSSR count). The van der Waals surface area contributed by atoms with Gasteiger partial charge in [0.05, 0.1) is 29.2 Å². The first kappa shape index (κ1) is 15.8. The number of rotatable bonds is 5. The van der Waals surface area contributed by atoms with E-state index in [1.165, 1.54) is 31.4 Å². The number of ether oxygens (including phenoxy) is 1. The molecule has 7 heteroatoms. The van der Waals surface area contributed by atoms with Crippen molar-refractivity contribution in [1.82, 2.24) is 0 Å². The fraction of sp³-hybridized carbons (Fsp3) is 0.417. The molecule has 2 atom stereocenters. The lowest BCUT2D eigenvalue weighted by atomic mass is 10.3. The Bertz CT molecular complexity index is 575. The summed E-state index contributed by atoms with van der Waals surface area (Å²) in [6, 6.07) is 5.82. The Kier molecular flexibility index (Phi) is 5.25. The maximum absolute atomic E-state index is 12.1. The van der Waals surface area contributed by atoms with Gasteiger partial charge in [0.2, 0.25) is 0 Å². The Hall–Kier alpha value is -1.21. The van der Waals surface area contributed by atoms with Crippen LogP contribution in [0.25, 0.3) is 0 Å². The Balaban J connectivity index is 2.87. The van der Waals surface area contributed by atoms with Crippen LogP contribution in [0.15, 0.2) is 34.1 Å². The number of sulfone groups is 1. The summed E-state index contributed by atoms with van der Waals surface area (Å²) in [5, 5.41) is -0.392. The van der Waals surface area contributed by atoms with Crippen LogP contribution in [0.3, 0.4) is 0 Å². The molecule has 5 nitrogen and oxygen atoms in total. The molecule has 0 aliphatic carbocycles. The molecule has 0 amide bonds. The van der Waals surface area contributed by atoms with Gasteiger partial charge >= 0.3 is 5.97 Å². The van der Waals surface area contributed by atoms with E-state index in [-0.39, 0.29) is 11.3 Å². The van der Waals surface area contributed by atoms with Crippen LogP contribution in [0.2, 0.25) is 0 Å². The van der Waals surface area contributed by atoms with E-state index in [0.717, 1.165) is 6.26 Å². The van der Waals surface area contributed by atoms with Crippen LogP contribution in [0.5, 0.6) is 0 Å². The molecule has 19 heavy (non-hydrogen) atoms. The number of carbonyl (C=O) groups excluding carboxylic acids is 1. The Morgan fingerprint density at radius 1 is 1.32 bits per heavy atom. The molecule has 106 valence electrons. The van der Waals surface area contributed by atoms with Gasteiger partial charge in [0, 0.05) is 16.4 Å². The molecule has 0 aliphatic rings. The van der Waals surface area contributed by atoms with Gasteiger partial charge < -0.3 is 4.74 Å². The molecule has 2 unspecified atom stereocenters. The van der Waals surface area contributed by atoms with Gasteiger partial charge in [-0.2, -0.15) is 0 Å². The van der Waals surface area contributed by atoms with Crippen molar-refractivity contribution in [1.29, 1.82) is 0 Å². The van der Waals surface area contributed by atoms with E-state index in [1.54, 1.807) is 6.92 Å². The second-order valence-corrected chi connectivity index (χ2v) is 8.02. The summed E-state index contributed by atoms with van der Waals surface area (Å²) in [6.45, 7) is 1.68. The minimum atomic E-state index is -3.26. The standard InChI is InChI=1S/C12H16O5S2/c1-9(8-12(13)17-2)18(14)10-4-6-11(7-5-10)19(3,15)16/h4-7,9H,8H2,1-3H3. The fourth-order valence-corrected chi connectivity index (χ4v) is 3.23. The maximum Gasteiger partial charge on any atom is 0.306 e. The topological polar surface area (TPSA) is 77.5 Å². The van der Waals surface area contributed by atoms with Crippen molar-refractivity contribution in [3.8, 4) is 0 Å². The van der Waals surface area contributed by atoms with E-state index in [9.17, 15) is 17.4 Å². The zero-order valence-corrected chi connectivity index (χ0v) is 12.6. The quantitative estimate of drug-likeness (QED) is 0.763. The zero-order chi connectivity index (χ0) is 14.6. The van der Waals surface area contributed by atoms with Crippen LogP contribution in [0, 0.1) is 0 Å². The molecule has 1 aromatic carbocycles. The predicted octanol–water partition coefficient (Wildman–Crippen LogP) is 1.15. The van der Waals surface area contributed by atoms with E-state index in [1.807, 2.05) is 0 Å². The van der Waals surface area contributed by atoms with Crippen LogP contribution >= 0.6 is 0 Å². The number of carbonyl (C=O) groups is 1. The van der Waals surface area contributed by atoms with Gasteiger partial charge in [0.15, 0.2) is 9.84 Å². The highest BCUT2D eigenvalue weighted by atomic mass is 32.2. The first-order chi connectivity index (χ1) is 8.75. The summed E-state index contributed by atoms with van der Waals surface area (Å²) in [6.07, 6.45) is 1.16. The molecule has 0 N–H and O–H groups in total. The predicted molar refractivity (Wildman–Crippen MR) is 72.1 cm³/mol. The van der Waals surface area contributed by atoms with Gasteiger partial charge in [-0.15, -0.1) is 0 Å². The first-order valence-corrected chi connectivity index (χ1v) is 8.63. The van der Waals surface area contributed by atoms with E-state index in [0.29, 0.717) is 4.90 Å². The van der Waals surface area contributed by atoms with Crippen molar-refractivity contribution in [3.63, 3.8) is 0 Å². The number of benzene rings is 1. The van der Waals surface area contributed by atoms with E-state index < -0.39 is 31.9 Å². The highest BCUT2D eigenvalue weighted by Gasteiger charge is 2.18. The molecule has 0 radical (unpaired) electrons. The van der Waals surface area contributed by atoms with Crippen LogP contribution in [0.1, 0.15) is 13.3 Å². The van der Waals surface area contributed by atoms with Crippen molar-refractivity contribution in [2.24, 2.45) is 0 Å². The van der Waals surface area contributed by atoms with Crippen molar-refractivity contribution in [3.05, 3.63) is 24.3 Å². The van der Waals surface area contributed by atoms with Gasteiger partial charge in [0.25, 0.3) is 0 Å². The summed E-state index contributed by atoms with van der Waals surface area (Å²) in [4.78, 5) is 11.8. The minimum Gasteiger partial charge on any atom is -0.469 e. The van der Waals surface area contributed by atoms with E-state index in [4.69, 9.17) is 0 Å². The zero-order valence-electron chi connectivity index (χ0n) is 11.0. The molecule has 0 saturated carbocycles. The molecule has 0 saturated heterocycles. The Morgan fingerprint density at radius 2 is 1.84 bits per heavy atom. The normalized spacial score (nSPS) is 14.7. The van der Waals surface area contributed by atoms with Gasteiger partial charge in [-0.05, 0) is 31.2 Å². The first-order valence-electron chi connectivity index (χ1n) is 5.53. The average molecular weight is 304 g/mol. The van der Waals surface area contributed by atoms with Crippen molar-refractivity contribution in [2.45, 2.75) is 28.4 Å². The maximum atomic E-state index is 12.1. The molecule has 0 spiro atoms. The van der Waals surface area contributed by atoms with Crippen LogP contribution in [-0.2, 0) is 30.2 Å². The molecule has 0 heterocycles. The highest BCUT2D eigenvalue weighted by molar-refractivity contribution is 7.90. The third-order valence-corrected chi connectivity index (χ3v) is 5.29. The van der Waals surface area contributed by atoms with Crippen LogP contribution < -0.4 is 0 Å². The fourth-order valence-electron chi connectivity index (χ4n) is 1.45. The minimum absolute atomic E-state index is 0.0525. The lowest BCUT2D eigenvalue weighted by molar-refractivity contribution is -0.140. The van der Waals surface area contributed by atoms with Crippen molar-refractivity contribution < 1.29 is 22.2 Å². The molecule has 0 fully saturated rings.